The molecule has 27 heavy (non-hydrogen) atoms. The number of carbonyl (C=O) groups is 3. The molecule has 158 valence electrons. The average Bonchev–Trinajstić information content (AvgIpc) is 2.63. The number of carboxylic acids is 1. The normalized spacial score (nSPS) is 13.0. The van der Waals surface area contributed by atoms with Gasteiger partial charge in [-0.1, -0.05) is 65.2 Å². The van der Waals surface area contributed by atoms with Crippen LogP contribution in [-0.4, -0.2) is 35.1 Å². The molecule has 0 aromatic rings. The Bertz CT molecular complexity index is 425. The lowest BCUT2D eigenvalue weighted by atomic mass is 10.1. The van der Waals surface area contributed by atoms with Gasteiger partial charge in [0.2, 0.25) is 5.91 Å². The summed E-state index contributed by atoms with van der Waals surface area (Å²) in [6.07, 6.45) is 11.2. The maximum absolute atomic E-state index is 12.2. The molecule has 0 aromatic carbocycles. The van der Waals surface area contributed by atoms with Gasteiger partial charge >= 0.3 is 11.9 Å². The lowest BCUT2D eigenvalue weighted by Gasteiger charge is -2.19. The van der Waals surface area contributed by atoms with Gasteiger partial charge in [-0.05, 0) is 26.2 Å². The molecule has 0 aromatic heterocycles. The van der Waals surface area contributed by atoms with E-state index in [1.54, 1.807) is 6.92 Å². The van der Waals surface area contributed by atoms with E-state index in [9.17, 15) is 14.4 Å². The number of carboxylic acid groups (broad SMARTS) is 1. The number of esters is 1. The fraction of sp³-hybridized carbons (Fsp3) is 0.857. The first-order chi connectivity index (χ1) is 12.9. The van der Waals surface area contributed by atoms with E-state index < -0.39 is 18.0 Å². The lowest BCUT2D eigenvalue weighted by Crippen LogP contribution is -2.43. The van der Waals surface area contributed by atoms with E-state index in [-0.39, 0.29) is 24.9 Å². The predicted octanol–water partition coefficient (Wildman–Crippen LogP) is 4.60. The molecule has 0 saturated heterocycles. The van der Waals surface area contributed by atoms with Crippen molar-refractivity contribution in [1.29, 1.82) is 0 Å². The molecule has 0 aliphatic rings. The fourth-order valence-corrected chi connectivity index (χ4v) is 2.74. The van der Waals surface area contributed by atoms with Crippen LogP contribution in [0.25, 0.3) is 0 Å². The third kappa shape index (κ3) is 15.2. The number of unbranched alkanes of at least 4 members (excludes halogenated alkanes) is 8. The van der Waals surface area contributed by atoms with E-state index in [4.69, 9.17) is 9.84 Å². The molecule has 2 N–H and O–H groups in total. The van der Waals surface area contributed by atoms with Gasteiger partial charge in [-0.3, -0.25) is 9.59 Å². The fourth-order valence-electron chi connectivity index (χ4n) is 2.74. The van der Waals surface area contributed by atoms with E-state index in [1.807, 2.05) is 6.92 Å². The summed E-state index contributed by atoms with van der Waals surface area (Å²) in [5, 5.41) is 11.5. The monoisotopic (exact) mass is 385 g/mol. The Labute approximate surface area is 164 Å². The van der Waals surface area contributed by atoms with Gasteiger partial charge in [0.25, 0.3) is 0 Å². The molecule has 2 atom stereocenters. The van der Waals surface area contributed by atoms with Crippen LogP contribution in [0.2, 0.25) is 0 Å². The van der Waals surface area contributed by atoms with E-state index in [0.29, 0.717) is 12.8 Å². The molecule has 0 bridgehead atoms. The summed E-state index contributed by atoms with van der Waals surface area (Å²) in [5.41, 5.74) is 0. The molecule has 0 radical (unpaired) electrons. The van der Waals surface area contributed by atoms with E-state index >= 15 is 0 Å². The molecule has 0 saturated carbocycles. The number of rotatable bonds is 17. The maximum atomic E-state index is 12.2. The van der Waals surface area contributed by atoms with Crippen molar-refractivity contribution in [2.75, 3.05) is 0 Å². The smallest absolute Gasteiger partial charge is 0.328 e. The number of ether oxygens (including phenoxy) is 1. The van der Waals surface area contributed by atoms with Crippen LogP contribution in [0.15, 0.2) is 0 Å². The Kier molecular flexibility index (Phi) is 15.6. The Hall–Kier alpha value is -1.59. The first-order valence-corrected chi connectivity index (χ1v) is 10.6. The number of amides is 1. The number of carbonyl (C=O) groups excluding carboxylic acids is 2. The molecular formula is C21H39NO5. The highest BCUT2D eigenvalue weighted by Gasteiger charge is 2.24. The molecule has 0 aliphatic heterocycles. The molecule has 6 heteroatoms. The summed E-state index contributed by atoms with van der Waals surface area (Å²) in [4.78, 5) is 35.0. The second kappa shape index (κ2) is 16.6. The Morgan fingerprint density at radius 1 is 0.889 bits per heavy atom. The van der Waals surface area contributed by atoms with E-state index in [1.165, 1.54) is 38.5 Å². The average molecular weight is 386 g/mol. The van der Waals surface area contributed by atoms with Gasteiger partial charge < -0.3 is 15.2 Å². The molecular weight excluding hydrogens is 346 g/mol. The van der Waals surface area contributed by atoms with Crippen LogP contribution in [-0.2, 0) is 19.1 Å². The Morgan fingerprint density at radius 3 is 1.96 bits per heavy atom. The Balaban J connectivity index is 4.09. The lowest BCUT2D eigenvalue weighted by molar-refractivity contribution is -0.153. The maximum Gasteiger partial charge on any atom is 0.328 e. The van der Waals surface area contributed by atoms with Gasteiger partial charge in [-0.15, -0.1) is 0 Å². The molecule has 1 unspecified atom stereocenters. The first kappa shape index (κ1) is 25.4. The molecule has 0 aliphatic carbocycles. The highest BCUT2D eigenvalue weighted by molar-refractivity contribution is 5.84. The van der Waals surface area contributed by atoms with Crippen molar-refractivity contribution in [3.05, 3.63) is 0 Å². The molecule has 0 fully saturated rings. The second-order valence-corrected chi connectivity index (χ2v) is 7.29. The van der Waals surface area contributed by atoms with E-state index in [0.717, 1.165) is 19.3 Å². The Morgan fingerprint density at radius 2 is 1.44 bits per heavy atom. The van der Waals surface area contributed by atoms with Crippen LogP contribution in [0.3, 0.4) is 0 Å². The van der Waals surface area contributed by atoms with Crippen molar-refractivity contribution in [2.45, 2.75) is 116 Å². The standard InChI is InChI=1S/C21H39NO5/c1-4-6-7-8-9-10-11-12-13-14-19(23)22-18(15-16-20(24)25)21(26)27-17(3)5-2/h17-18H,4-16H2,1-3H3,(H,22,23)(H,24,25)/t17?,18-/m0/s1. The van der Waals surface area contributed by atoms with Crippen molar-refractivity contribution in [2.24, 2.45) is 0 Å². The van der Waals surface area contributed by atoms with Gasteiger partial charge in [-0.25, -0.2) is 4.79 Å². The zero-order valence-electron chi connectivity index (χ0n) is 17.4. The minimum atomic E-state index is -0.996. The third-order valence-electron chi connectivity index (χ3n) is 4.67. The SMILES string of the molecule is CCCCCCCCCCCC(=O)N[C@@H](CCC(=O)O)C(=O)OC(C)CC. The van der Waals surface area contributed by atoms with Gasteiger partial charge in [-0.2, -0.15) is 0 Å². The van der Waals surface area contributed by atoms with Crippen molar-refractivity contribution < 1.29 is 24.2 Å². The van der Waals surface area contributed by atoms with Crippen LogP contribution < -0.4 is 5.32 Å². The van der Waals surface area contributed by atoms with E-state index in [2.05, 4.69) is 12.2 Å². The van der Waals surface area contributed by atoms with Crippen LogP contribution in [0, 0.1) is 0 Å². The minimum Gasteiger partial charge on any atom is -0.481 e. The zero-order chi connectivity index (χ0) is 20.5. The van der Waals surface area contributed by atoms with Crippen LogP contribution in [0.1, 0.15) is 104 Å². The molecule has 0 rings (SSSR count). The van der Waals surface area contributed by atoms with Crippen LogP contribution in [0.5, 0.6) is 0 Å². The summed E-state index contributed by atoms with van der Waals surface area (Å²) in [5.74, 6) is -1.76. The summed E-state index contributed by atoms with van der Waals surface area (Å²) >= 11 is 0. The van der Waals surface area contributed by atoms with Crippen molar-refractivity contribution in [3.63, 3.8) is 0 Å². The minimum absolute atomic E-state index is 0.0497. The quantitative estimate of drug-likeness (QED) is 0.282. The molecule has 0 spiro atoms. The summed E-state index contributed by atoms with van der Waals surface area (Å²) in [6, 6.07) is -0.888. The van der Waals surface area contributed by atoms with Gasteiger partial charge in [0.05, 0.1) is 6.10 Å². The molecule has 0 heterocycles. The number of nitrogens with one attached hydrogen (secondary N) is 1. The second-order valence-electron chi connectivity index (χ2n) is 7.29. The highest BCUT2D eigenvalue weighted by Crippen LogP contribution is 2.11. The van der Waals surface area contributed by atoms with Crippen molar-refractivity contribution >= 4 is 17.8 Å². The summed E-state index contributed by atoms with van der Waals surface area (Å²) < 4.78 is 5.25. The van der Waals surface area contributed by atoms with Gasteiger partial charge in [0.1, 0.15) is 6.04 Å². The highest BCUT2D eigenvalue weighted by atomic mass is 16.5. The first-order valence-electron chi connectivity index (χ1n) is 10.6. The van der Waals surface area contributed by atoms with Gasteiger partial charge in [0.15, 0.2) is 0 Å². The zero-order valence-corrected chi connectivity index (χ0v) is 17.4. The number of hydrogen-bond donors (Lipinski definition) is 2. The van der Waals surface area contributed by atoms with Crippen LogP contribution >= 0.6 is 0 Å². The van der Waals surface area contributed by atoms with Crippen LogP contribution in [0.4, 0.5) is 0 Å². The number of aliphatic carboxylic acids is 1. The number of hydrogen-bond acceptors (Lipinski definition) is 4. The third-order valence-corrected chi connectivity index (χ3v) is 4.67. The van der Waals surface area contributed by atoms with Crippen molar-refractivity contribution in [3.8, 4) is 0 Å². The predicted molar refractivity (Wildman–Crippen MR) is 106 cm³/mol. The summed E-state index contributed by atoms with van der Waals surface area (Å²) in [7, 11) is 0. The largest absolute Gasteiger partial charge is 0.481 e. The summed E-state index contributed by atoms with van der Waals surface area (Å²) in [6.45, 7) is 5.88. The van der Waals surface area contributed by atoms with Gasteiger partial charge in [0, 0.05) is 12.8 Å². The molecule has 6 nitrogen and oxygen atoms in total. The van der Waals surface area contributed by atoms with Crippen molar-refractivity contribution in [1.82, 2.24) is 5.32 Å². The molecule has 1 amide bonds. The topological polar surface area (TPSA) is 92.7 Å².